The molecule has 0 fully saturated rings. The molecule has 1 heterocycles. The maximum atomic E-state index is 12.8. The first-order valence-corrected chi connectivity index (χ1v) is 14.2. The fourth-order valence-corrected chi connectivity index (χ4v) is 5.35. The summed E-state index contributed by atoms with van der Waals surface area (Å²) in [7, 11) is 0. The largest absolute Gasteiger partial charge is 0.411 e. The van der Waals surface area contributed by atoms with Crippen LogP contribution >= 0.6 is 0 Å². The lowest BCUT2D eigenvalue weighted by Gasteiger charge is -2.21. The van der Waals surface area contributed by atoms with E-state index >= 15 is 0 Å². The molecule has 210 valence electrons. The third kappa shape index (κ3) is 6.64. The molecule has 2 N–H and O–H groups in total. The second-order valence-electron chi connectivity index (χ2n) is 10.7. The monoisotopic (exact) mass is 553 g/mol. The Morgan fingerprint density at radius 2 is 1.43 bits per heavy atom. The first-order chi connectivity index (χ1) is 20.4. The van der Waals surface area contributed by atoms with Gasteiger partial charge in [0.25, 0.3) is 5.91 Å². The highest BCUT2D eigenvalue weighted by atomic mass is 16.4. The molecule has 1 unspecified atom stereocenters. The molecule has 0 spiro atoms. The van der Waals surface area contributed by atoms with Gasteiger partial charge in [0.05, 0.1) is 11.8 Å². The molecule has 5 nitrogen and oxygen atoms in total. The van der Waals surface area contributed by atoms with Crippen LogP contribution in [0.2, 0.25) is 0 Å². The van der Waals surface area contributed by atoms with Crippen LogP contribution in [0.1, 0.15) is 69.2 Å². The van der Waals surface area contributed by atoms with Crippen molar-refractivity contribution in [1.29, 1.82) is 0 Å². The molecule has 1 aromatic heterocycles. The highest BCUT2D eigenvalue weighted by molar-refractivity contribution is 6.01. The lowest BCUT2D eigenvalue weighted by molar-refractivity contribution is 0.0940. The lowest BCUT2D eigenvalue weighted by Crippen LogP contribution is -2.26. The van der Waals surface area contributed by atoms with Gasteiger partial charge >= 0.3 is 0 Å². The summed E-state index contributed by atoms with van der Waals surface area (Å²) in [6, 6.07) is 38.2. The van der Waals surface area contributed by atoms with Crippen molar-refractivity contribution in [3.63, 3.8) is 0 Å². The average Bonchev–Trinajstić information content (AvgIpc) is 3.03. The quantitative estimate of drug-likeness (QED) is 0.110. The number of amides is 1. The van der Waals surface area contributed by atoms with Gasteiger partial charge in [-0.25, -0.2) is 0 Å². The molecule has 5 rings (SSSR count). The molecule has 0 aliphatic rings. The SMILES string of the molecule is Cc1cc(/C(C[C@@H](c2ccc(-c3ccc(C(=O)NC(C)c4ccccc4)cc3)cc2)c2ccccc2C)=N/O)ccn1. The maximum absolute atomic E-state index is 12.8. The van der Waals surface area contributed by atoms with Crippen LogP contribution in [0.5, 0.6) is 0 Å². The number of pyridine rings is 1. The molecule has 0 radical (unpaired) electrons. The molecule has 0 saturated carbocycles. The van der Waals surface area contributed by atoms with Gasteiger partial charge < -0.3 is 10.5 Å². The van der Waals surface area contributed by atoms with E-state index in [0.29, 0.717) is 17.7 Å². The van der Waals surface area contributed by atoms with Crippen LogP contribution in [0.15, 0.2) is 127 Å². The summed E-state index contributed by atoms with van der Waals surface area (Å²) in [5.41, 5.74) is 9.66. The molecule has 0 bridgehead atoms. The second kappa shape index (κ2) is 13.1. The van der Waals surface area contributed by atoms with Crippen LogP contribution in [0.4, 0.5) is 0 Å². The normalized spacial score (nSPS) is 12.9. The van der Waals surface area contributed by atoms with E-state index in [1.165, 1.54) is 11.1 Å². The van der Waals surface area contributed by atoms with Crippen LogP contribution in [-0.2, 0) is 0 Å². The smallest absolute Gasteiger partial charge is 0.251 e. The van der Waals surface area contributed by atoms with Crippen molar-refractivity contribution in [1.82, 2.24) is 10.3 Å². The number of nitrogens with zero attached hydrogens (tertiary/aromatic N) is 2. The number of rotatable bonds is 9. The van der Waals surface area contributed by atoms with Gasteiger partial charge in [-0.3, -0.25) is 9.78 Å². The Morgan fingerprint density at radius 3 is 2.07 bits per heavy atom. The van der Waals surface area contributed by atoms with E-state index < -0.39 is 0 Å². The van der Waals surface area contributed by atoms with E-state index in [2.05, 4.69) is 58.8 Å². The zero-order valence-electron chi connectivity index (χ0n) is 24.2. The number of aryl methyl sites for hydroxylation is 2. The van der Waals surface area contributed by atoms with Gasteiger partial charge in [0.1, 0.15) is 0 Å². The molecule has 2 atom stereocenters. The molecule has 5 heteroatoms. The first kappa shape index (κ1) is 28.5. The number of benzene rings is 4. The summed E-state index contributed by atoms with van der Waals surface area (Å²) in [6.45, 7) is 6.03. The summed E-state index contributed by atoms with van der Waals surface area (Å²) >= 11 is 0. The van der Waals surface area contributed by atoms with Gasteiger partial charge in [0, 0.05) is 35.4 Å². The zero-order chi connectivity index (χ0) is 29.5. The van der Waals surface area contributed by atoms with Gasteiger partial charge in [0.2, 0.25) is 0 Å². The summed E-state index contributed by atoms with van der Waals surface area (Å²) in [6.07, 6.45) is 2.28. The molecule has 5 aromatic rings. The Hall–Kier alpha value is -5.03. The van der Waals surface area contributed by atoms with Crippen molar-refractivity contribution in [2.75, 3.05) is 0 Å². The Morgan fingerprint density at radius 1 is 0.786 bits per heavy atom. The Bertz CT molecular complexity index is 1680. The van der Waals surface area contributed by atoms with E-state index in [1.807, 2.05) is 92.7 Å². The number of oxime groups is 1. The minimum Gasteiger partial charge on any atom is -0.411 e. The topological polar surface area (TPSA) is 74.6 Å². The van der Waals surface area contributed by atoms with Crippen LogP contribution in [0.25, 0.3) is 11.1 Å². The van der Waals surface area contributed by atoms with Gasteiger partial charge in [-0.1, -0.05) is 96.2 Å². The fraction of sp³-hybridized carbons (Fsp3) is 0.162. The van der Waals surface area contributed by atoms with Crippen LogP contribution in [0.3, 0.4) is 0 Å². The average molecular weight is 554 g/mol. The molecule has 4 aromatic carbocycles. The number of carbonyl (C=O) groups excluding carboxylic acids is 1. The van der Waals surface area contributed by atoms with Crippen molar-refractivity contribution < 1.29 is 10.0 Å². The van der Waals surface area contributed by atoms with Crippen molar-refractivity contribution in [2.24, 2.45) is 5.16 Å². The molecule has 0 aliphatic carbocycles. The third-order valence-electron chi connectivity index (χ3n) is 7.75. The van der Waals surface area contributed by atoms with Crippen molar-refractivity contribution in [3.8, 4) is 11.1 Å². The number of hydrogen-bond donors (Lipinski definition) is 2. The molecule has 42 heavy (non-hydrogen) atoms. The summed E-state index contributed by atoms with van der Waals surface area (Å²) < 4.78 is 0. The molecule has 0 saturated heterocycles. The minimum absolute atomic E-state index is 0.00250. The Labute approximate surface area is 247 Å². The number of aromatic nitrogens is 1. The Balaban J connectivity index is 1.36. The summed E-state index contributed by atoms with van der Waals surface area (Å²) in [5, 5.41) is 16.8. The van der Waals surface area contributed by atoms with Crippen molar-refractivity contribution in [2.45, 2.75) is 39.2 Å². The standard InChI is InChI=1S/C37H35N3O2/c1-25-9-7-8-12-34(25)35(24-36(40-42)33-21-22-38-26(2)23-33)31-17-13-29(14-18-31)30-15-19-32(20-16-30)37(41)39-27(3)28-10-5-4-6-11-28/h4-23,27,35,42H,24H2,1-3H3,(H,39,41)/b40-36+/t27?,35-/m0/s1. The van der Waals surface area contributed by atoms with Gasteiger partial charge in [-0.2, -0.15) is 0 Å². The highest BCUT2D eigenvalue weighted by Crippen LogP contribution is 2.33. The summed E-state index contributed by atoms with van der Waals surface area (Å²) in [5.74, 6) is -0.0997. The zero-order valence-corrected chi connectivity index (χ0v) is 24.2. The predicted octanol–water partition coefficient (Wildman–Crippen LogP) is 8.26. The van der Waals surface area contributed by atoms with E-state index in [-0.39, 0.29) is 17.9 Å². The summed E-state index contributed by atoms with van der Waals surface area (Å²) in [4.78, 5) is 17.1. The maximum Gasteiger partial charge on any atom is 0.251 e. The number of carbonyl (C=O) groups is 1. The third-order valence-corrected chi connectivity index (χ3v) is 7.75. The minimum atomic E-state index is -0.0972. The molecular formula is C37H35N3O2. The highest BCUT2D eigenvalue weighted by Gasteiger charge is 2.21. The van der Waals surface area contributed by atoms with Crippen LogP contribution in [-0.4, -0.2) is 21.8 Å². The van der Waals surface area contributed by atoms with Crippen molar-refractivity contribution >= 4 is 11.6 Å². The van der Waals surface area contributed by atoms with E-state index in [9.17, 15) is 10.0 Å². The van der Waals surface area contributed by atoms with Crippen LogP contribution < -0.4 is 5.32 Å². The molecule has 1 amide bonds. The van der Waals surface area contributed by atoms with Crippen LogP contribution in [0, 0.1) is 13.8 Å². The number of nitrogens with one attached hydrogen (secondary N) is 1. The number of hydrogen-bond acceptors (Lipinski definition) is 4. The second-order valence-corrected chi connectivity index (χ2v) is 10.7. The van der Waals surface area contributed by atoms with Gasteiger partial charge in [0.15, 0.2) is 0 Å². The molecular weight excluding hydrogens is 518 g/mol. The van der Waals surface area contributed by atoms with Gasteiger partial charge in [-0.15, -0.1) is 0 Å². The predicted molar refractivity (Wildman–Crippen MR) is 169 cm³/mol. The Kier molecular flexibility index (Phi) is 8.88. The molecule has 0 aliphatic heterocycles. The van der Waals surface area contributed by atoms with E-state index in [0.717, 1.165) is 33.5 Å². The van der Waals surface area contributed by atoms with E-state index in [4.69, 9.17) is 0 Å². The van der Waals surface area contributed by atoms with E-state index in [1.54, 1.807) is 6.20 Å². The lowest BCUT2D eigenvalue weighted by atomic mass is 9.83. The first-order valence-electron chi connectivity index (χ1n) is 14.2. The van der Waals surface area contributed by atoms with Gasteiger partial charge in [-0.05, 0) is 78.4 Å². The fourth-order valence-electron chi connectivity index (χ4n) is 5.35. The van der Waals surface area contributed by atoms with Crippen molar-refractivity contribution in [3.05, 3.63) is 161 Å².